The molecule has 0 spiro atoms. The van der Waals surface area contributed by atoms with Crippen molar-refractivity contribution in [1.29, 1.82) is 0 Å². The molecule has 0 N–H and O–H groups in total. The van der Waals surface area contributed by atoms with Crippen molar-refractivity contribution >= 4 is 52.3 Å². The van der Waals surface area contributed by atoms with Gasteiger partial charge in [-0.25, -0.2) is 0 Å². The summed E-state index contributed by atoms with van der Waals surface area (Å²) >= 11 is -5.83. The third-order valence-corrected chi connectivity index (χ3v) is 37.3. The van der Waals surface area contributed by atoms with Crippen LogP contribution in [0.3, 0.4) is 0 Å². The summed E-state index contributed by atoms with van der Waals surface area (Å²) in [4.78, 5) is 0. The molecule has 2 atom stereocenters. The van der Waals surface area contributed by atoms with E-state index in [2.05, 4.69) is 197 Å². The Morgan fingerprint density at radius 2 is 0.887 bits per heavy atom. The Hall–Kier alpha value is -3.52. The van der Waals surface area contributed by atoms with Crippen molar-refractivity contribution in [2.45, 2.75) is 102 Å². The van der Waals surface area contributed by atoms with Crippen LogP contribution in [0.4, 0.5) is 0 Å². The molecule has 0 saturated heterocycles. The zero-order valence-electron chi connectivity index (χ0n) is 38.6. The Bertz CT molecular complexity index is 2700. The standard InChI is InChI=1S/2C23H27.C12H9Si.2ClH.Zr/c2*1-6-16-10-8-9-11-20(16)22-17(7-2)12-13-18-14-19(15-21(18)22)23(3,4)5;1-3-7-11-9(5-1)10-6-2-4-8-12(10)13-11;;;/h2*8-15H,6-7H2,1-5H3;1-7H,13H2;2*1H;/q;;;;;+2/p-2. The first kappa shape index (κ1) is 43.7. The van der Waals surface area contributed by atoms with Crippen LogP contribution in [0.25, 0.3) is 45.5 Å². The molecule has 2 aliphatic carbocycles. The summed E-state index contributed by atoms with van der Waals surface area (Å²) in [6, 6.07) is 44.1. The molecular weight excluding hydrogens is 887 g/mol. The maximum absolute atomic E-state index is 9.59. The van der Waals surface area contributed by atoms with Crippen molar-refractivity contribution < 1.29 is 16.4 Å². The van der Waals surface area contributed by atoms with Crippen molar-refractivity contribution in [1.82, 2.24) is 0 Å². The number of halogens is 2. The quantitative estimate of drug-likeness (QED) is 0.127. The van der Waals surface area contributed by atoms with Gasteiger partial charge in [-0.05, 0) is 0 Å². The summed E-state index contributed by atoms with van der Waals surface area (Å²) in [5, 5.41) is 2.96. The molecule has 3 aliphatic rings. The van der Waals surface area contributed by atoms with E-state index in [0.29, 0.717) is 0 Å². The second kappa shape index (κ2) is 15.9. The fraction of sp³-hybridized carbons (Fsp3) is 0.310. The van der Waals surface area contributed by atoms with Crippen LogP contribution in [-0.2, 0) is 42.1 Å². The van der Waals surface area contributed by atoms with Gasteiger partial charge in [0.2, 0.25) is 0 Å². The summed E-state index contributed by atoms with van der Waals surface area (Å²) in [6.45, 7) is 23.6. The van der Waals surface area contributed by atoms with Crippen LogP contribution in [0.15, 0.2) is 126 Å². The SMILES string of the molecule is CCc1ccccc1-c1c(CC)ccc2c1C=C(C(C)(C)C)[CH]2[Zr]([Cl])([Cl])([c]1cccc2c1[SiH2]c1ccccc1-2)[CH]1C(C(C)(C)C)=Cc2c1ccc(CC)c2-c1ccccc1CC. The Kier molecular flexibility index (Phi) is 11.2. The third-order valence-electron chi connectivity index (χ3n) is 14.8. The van der Waals surface area contributed by atoms with Crippen molar-refractivity contribution in [3.05, 3.63) is 171 Å². The first-order valence-corrected chi connectivity index (χ1v) is 35.1. The fourth-order valence-electron chi connectivity index (χ4n) is 11.9. The molecule has 0 radical (unpaired) electrons. The number of benzene rings is 6. The van der Waals surface area contributed by atoms with Gasteiger partial charge in [-0.2, -0.15) is 0 Å². The summed E-state index contributed by atoms with van der Waals surface area (Å²) in [7, 11) is 18.3. The molecule has 0 amide bonds. The van der Waals surface area contributed by atoms with Crippen LogP contribution in [-0.4, -0.2) is 9.52 Å². The Balaban J connectivity index is 1.44. The molecule has 4 heteroatoms. The summed E-state index contributed by atoms with van der Waals surface area (Å²) < 4.78 is 0.981. The van der Waals surface area contributed by atoms with Gasteiger partial charge in [0.25, 0.3) is 0 Å². The Morgan fingerprint density at radius 3 is 1.34 bits per heavy atom. The van der Waals surface area contributed by atoms with Crippen LogP contribution in [0.1, 0.15) is 121 Å². The van der Waals surface area contributed by atoms with Gasteiger partial charge in [0.15, 0.2) is 0 Å². The first-order chi connectivity index (χ1) is 29.6. The molecule has 6 aromatic carbocycles. The number of fused-ring (bicyclic) bond motifs is 5. The fourth-order valence-corrected chi connectivity index (χ4v) is 40.2. The molecule has 0 saturated carbocycles. The van der Waals surface area contributed by atoms with Gasteiger partial charge in [-0.15, -0.1) is 0 Å². The van der Waals surface area contributed by atoms with E-state index >= 15 is 0 Å². The molecule has 62 heavy (non-hydrogen) atoms. The molecule has 6 aromatic rings. The van der Waals surface area contributed by atoms with Crippen LogP contribution in [0, 0.1) is 10.8 Å². The van der Waals surface area contributed by atoms with E-state index in [9.17, 15) is 17.0 Å². The average Bonchev–Trinajstić information content (AvgIpc) is 3.99. The molecule has 0 bridgehead atoms. The Morgan fingerprint density at radius 1 is 0.468 bits per heavy atom. The Labute approximate surface area is 383 Å². The van der Waals surface area contributed by atoms with Gasteiger partial charge in [-0.3, -0.25) is 0 Å². The van der Waals surface area contributed by atoms with Crippen LogP contribution >= 0.6 is 17.0 Å². The van der Waals surface area contributed by atoms with Crippen molar-refractivity contribution in [2.75, 3.05) is 0 Å². The van der Waals surface area contributed by atoms with E-state index in [-0.39, 0.29) is 18.1 Å². The van der Waals surface area contributed by atoms with E-state index in [0.717, 1.165) is 25.7 Å². The second-order valence-electron chi connectivity index (χ2n) is 20.3. The summed E-state index contributed by atoms with van der Waals surface area (Å²) in [5.74, 6) is 0. The number of aryl methyl sites for hydroxylation is 4. The summed E-state index contributed by atoms with van der Waals surface area (Å²) in [6.07, 6.45) is 9.00. The number of rotatable bonds is 9. The number of hydrogen-bond donors (Lipinski definition) is 0. The molecule has 317 valence electrons. The van der Waals surface area contributed by atoms with E-state index < -0.39 is 25.9 Å². The van der Waals surface area contributed by atoms with Gasteiger partial charge in [0.05, 0.1) is 0 Å². The minimum absolute atomic E-state index is 0.156. The molecule has 0 nitrogen and oxygen atoms in total. The van der Waals surface area contributed by atoms with Crippen LogP contribution < -0.4 is 13.6 Å². The predicted molar refractivity (Wildman–Crippen MR) is 273 cm³/mol. The zero-order chi connectivity index (χ0) is 44.0. The molecule has 0 aromatic heterocycles. The van der Waals surface area contributed by atoms with Crippen LogP contribution in [0.5, 0.6) is 0 Å². The molecule has 1 heterocycles. The molecule has 0 fully saturated rings. The minimum atomic E-state index is -5.83. The maximum atomic E-state index is 9.59. The normalized spacial score (nSPS) is 17.8. The zero-order valence-corrected chi connectivity index (χ0v) is 44.0. The summed E-state index contributed by atoms with van der Waals surface area (Å²) in [5.41, 5.74) is 21.3. The van der Waals surface area contributed by atoms with E-state index in [1.807, 2.05) is 0 Å². The van der Waals surface area contributed by atoms with E-state index in [1.165, 1.54) is 103 Å². The second-order valence-corrected chi connectivity index (χ2v) is 42.7. The molecule has 9 rings (SSSR count). The van der Waals surface area contributed by atoms with Gasteiger partial charge >= 0.3 is 386 Å². The van der Waals surface area contributed by atoms with Gasteiger partial charge < -0.3 is 0 Å². The van der Waals surface area contributed by atoms with E-state index in [1.54, 1.807) is 0 Å². The average molecular weight is 950 g/mol. The topological polar surface area (TPSA) is 0 Å². The molecule has 2 unspecified atom stereocenters. The predicted octanol–water partition coefficient (Wildman–Crippen LogP) is 14.4. The van der Waals surface area contributed by atoms with E-state index in [4.69, 9.17) is 0 Å². The van der Waals surface area contributed by atoms with Crippen molar-refractivity contribution in [2.24, 2.45) is 10.8 Å². The van der Waals surface area contributed by atoms with Gasteiger partial charge in [-0.1, -0.05) is 0 Å². The van der Waals surface area contributed by atoms with Crippen molar-refractivity contribution in [3.63, 3.8) is 0 Å². The molecular formula is C58H63Cl2SiZr. The van der Waals surface area contributed by atoms with Crippen LogP contribution in [0.2, 0.25) is 0 Å². The molecule has 1 aliphatic heterocycles. The monoisotopic (exact) mass is 947 g/mol. The number of allylic oxidation sites excluding steroid dienone is 2. The first-order valence-electron chi connectivity index (χ1n) is 23.3. The number of hydrogen-bond acceptors (Lipinski definition) is 0. The van der Waals surface area contributed by atoms with Gasteiger partial charge in [0, 0.05) is 0 Å². The third kappa shape index (κ3) is 6.67. The van der Waals surface area contributed by atoms with Gasteiger partial charge in [0.1, 0.15) is 0 Å². The van der Waals surface area contributed by atoms with Crippen molar-refractivity contribution in [3.8, 4) is 33.4 Å².